The monoisotopic (exact) mass is 171 g/mol. The van der Waals surface area contributed by atoms with Gasteiger partial charge in [0.2, 0.25) is 0 Å². The maximum atomic E-state index is 3.46. The van der Waals surface area contributed by atoms with Crippen molar-refractivity contribution >= 4 is 0 Å². The van der Waals surface area contributed by atoms with E-state index < -0.39 is 0 Å². The minimum Gasteiger partial charge on any atom is -0.318 e. The Hall–Kier alpha value is -0.120. The molecular formula is C9H21N3. The van der Waals surface area contributed by atoms with E-state index in [1.165, 1.54) is 26.1 Å². The highest BCUT2D eigenvalue weighted by atomic mass is 15.1. The molecule has 0 aliphatic carbocycles. The fourth-order valence-electron chi connectivity index (χ4n) is 1.71. The van der Waals surface area contributed by atoms with Crippen molar-refractivity contribution in [3.05, 3.63) is 0 Å². The summed E-state index contributed by atoms with van der Waals surface area (Å²) < 4.78 is 0. The van der Waals surface area contributed by atoms with Crippen molar-refractivity contribution in [2.75, 3.05) is 46.8 Å². The smallest absolute Gasteiger partial charge is 0.00767 e. The first-order chi connectivity index (χ1) is 5.83. The Morgan fingerprint density at radius 2 is 2.25 bits per heavy atom. The second-order valence-electron chi connectivity index (χ2n) is 3.72. The van der Waals surface area contributed by atoms with Crippen molar-refractivity contribution in [2.24, 2.45) is 5.92 Å². The third-order valence-electron chi connectivity index (χ3n) is 2.47. The molecule has 1 aliphatic heterocycles. The number of hydrogen-bond acceptors (Lipinski definition) is 3. The van der Waals surface area contributed by atoms with E-state index in [0.29, 0.717) is 0 Å². The Morgan fingerprint density at radius 3 is 2.83 bits per heavy atom. The van der Waals surface area contributed by atoms with Gasteiger partial charge >= 0.3 is 0 Å². The van der Waals surface area contributed by atoms with E-state index in [-0.39, 0.29) is 0 Å². The molecule has 1 rings (SSSR count). The van der Waals surface area contributed by atoms with Crippen LogP contribution in [0, 0.1) is 5.92 Å². The molecule has 72 valence electrons. The summed E-state index contributed by atoms with van der Waals surface area (Å²) in [4.78, 5) is 2.41. The highest BCUT2D eigenvalue weighted by molar-refractivity contribution is 4.74. The molecule has 0 aromatic heterocycles. The zero-order chi connectivity index (χ0) is 8.81. The largest absolute Gasteiger partial charge is 0.318 e. The minimum absolute atomic E-state index is 0.881. The van der Waals surface area contributed by atoms with Gasteiger partial charge in [-0.2, -0.15) is 0 Å². The third kappa shape index (κ3) is 3.52. The van der Waals surface area contributed by atoms with E-state index in [4.69, 9.17) is 0 Å². The molecule has 1 aliphatic rings. The van der Waals surface area contributed by atoms with Gasteiger partial charge in [-0.05, 0) is 39.5 Å². The van der Waals surface area contributed by atoms with Crippen LogP contribution in [0.25, 0.3) is 0 Å². The fraction of sp³-hybridized carbons (Fsp3) is 1.00. The summed E-state index contributed by atoms with van der Waals surface area (Å²) in [6, 6.07) is 0. The lowest BCUT2D eigenvalue weighted by atomic mass is 10.1. The van der Waals surface area contributed by atoms with Crippen molar-refractivity contribution < 1.29 is 0 Å². The highest BCUT2D eigenvalue weighted by Gasteiger charge is 2.18. The predicted octanol–water partition coefficient (Wildman–Crippen LogP) is -0.253. The standard InChI is InChI=1S/C9H21N3/c1-10-4-5-11-7-9-3-6-12(2)8-9/h9-11H,3-8H2,1-2H3. The van der Waals surface area contributed by atoms with Gasteiger partial charge in [-0.15, -0.1) is 0 Å². The van der Waals surface area contributed by atoms with Gasteiger partial charge in [0.05, 0.1) is 0 Å². The normalized spacial score (nSPS) is 25.0. The van der Waals surface area contributed by atoms with E-state index in [0.717, 1.165) is 19.0 Å². The molecule has 3 nitrogen and oxygen atoms in total. The molecule has 0 radical (unpaired) electrons. The van der Waals surface area contributed by atoms with Crippen LogP contribution < -0.4 is 10.6 Å². The SMILES string of the molecule is CNCCNCC1CCN(C)C1. The molecule has 2 N–H and O–H groups in total. The van der Waals surface area contributed by atoms with Gasteiger partial charge in [-0.25, -0.2) is 0 Å². The Bertz CT molecular complexity index is 116. The number of likely N-dealkylation sites (N-methyl/N-ethyl adjacent to an activating group) is 1. The average Bonchev–Trinajstić information content (AvgIpc) is 2.45. The van der Waals surface area contributed by atoms with Crippen LogP contribution >= 0.6 is 0 Å². The Kier molecular flexibility index (Phi) is 4.58. The minimum atomic E-state index is 0.881. The molecule has 1 unspecified atom stereocenters. The lowest BCUT2D eigenvalue weighted by Crippen LogP contribution is -2.30. The van der Waals surface area contributed by atoms with Gasteiger partial charge in [0.15, 0.2) is 0 Å². The molecule has 0 spiro atoms. The first kappa shape index (κ1) is 9.96. The molecule has 0 aromatic carbocycles. The average molecular weight is 171 g/mol. The number of likely N-dealkylation sites (tertiary alicyclic amines) is 1. The first-order valence-electron chi connectivity index (χ1n) is 4.87. The summed E-state index contributed by atoms with van der Waals surface area (Å²) >= 11 is 0. The summed E-state index contributed by atoms with van der Waals surface area (Å²) in [5, 5.41) is 6.59. The molecule has 0 aromatic rings. The fourth-order valence-corrected chi connectivity index (χ4v) is 1.71. The van der Waals surface area contributed by atoms with Crippen molar-refractivity contribution in [1.82, 2.24) is 15.5 Å². The van der Waals surface area contributed by atoms with E-state index in [1.807, 2.05) is 7.05 Å². The Labute approximate surface area is 75.5 Å². The first-order valence-corrected chi connectivity index (χ1v) is 4.87. The van der Waals surface area contributed by atoms with Gasteiger partial charge in [-0.1, -0.05) is 0 Å². The van der Waals surface area contributed by atoms with Crippen LogP contribution in [-0.2, 0) is 0 Å². The third-order valence-corrected chi connectivity index (χ3v) is 2.47. The topological polar surface area (TPSA) is 27.3 Å². The van der Waals surface area contributed by atoms with E-state index >= 15 is 0 Å². The van der Waals surface area contributed by atoms with E-state index in [1.54, 1.807) is 0 Å². The lowest BCUT2D eigenvalue weighted by molar-refractivity contribution is 0.388. The molecule has 1 fully saturated rings. The molecular weight excluding hydrogens is 150 g/mol. The second-order valence-corrected chi connectivity index (χ2v) is 3.72. The van der Waals surface area contributed by atoms with Crippen LogP contribution in [0.4, 0.5) is 0 Å². The number of rotatable bonds is 5. The lowest BCUT2D eigenvalue weighted by Gasteiger charge is -2.11. The molecule has 12 heavy (non-hydrogen) atoms. The number of nitrogens with one attached hydrogen (secondary N) is 2. The van der Waals surface area contributed by atoms with E-state index in [2.05, 4.69) is 22.6 Å². The summed E-state index contributed by atoms with van der Waals surface area (Å²) in [6.45, 7) is 5.90. The van der Waals surface area contributed by atoms with Crippen molar-refractivity contribution in [3.8, 4) is 0 Å². The number of hydrogen-bond donors (Lipinski definition) is 2. The van der Waals surface area contributed by atoms with Crippen molar-refractivity contribution in [1.29, 1.82) is 0 Å². The molecule has 1 saturated heterocycles. The van der Waals surface area contributed by atoms with Crippen LogP contribution in [-0.4, -0.2) is 51.7 Å². The van der Waals surface area contributed by atoms with Crippen LogP contribution in [0.1, 0.15) is 6.42 Å². The second kappa shape index (κ2) is 5.51. The zero-order valence-electron chi connectivity index (χ0n) is 8.27. The molecule has 0 amide bonds. The summed E-state index contributed by atoms with van der Waals surface area (Å²) in [7, 11) is 4.19. The predicted molar refractivity (Wildman–Crippen MR) is 52.4 cm³/mol. The molecule has 1 atom stereocenters. The molecule has 0 saturated carbocycles. The molecule has 3 heteroatoms. The van der Waals surface area contributed by atoms with Crippen molar-refractivity contribution in [3.63, 3.8) is 0 Å². The van der Waals surface area contributed by atoms with E-state index in [9.17, 15) is 0 Å². The van der Waals surface area contributed by atoms with Gasteiger partial charge in [0, 0.05) is 19.6 Å². The summed E-state index contributed by atoms with van der Waals surface area (Å²) in [6.07, 6.45) is 1.36. The highest BCUT2D eigenvalue weighted by Crippen LogP contribution is 2.12. The number of nitrogens with zero attached hydrogens (tertiary/aromatic N) is 1. The maximum Gasteiger partial charge on any atom is 0.00767 e. The van der Waals surface area contributed by atoms with Crippen LogP contribution in [0.15, 0.2) is 0 Å². The van der Waals surface area contributed by atoms with Gasteiger partial charge in [0.25, 0.3) is 0 Å². The van der Waals surface area contributed by atoms with Gasteiger partial charge in [-0.3, -0.25) is 0 Å². The summed E-state index contributed by atoms with van der Waals surface area (Å²) in [5.74, 6) is 0.881. The van der Waals surface area contributed by atoms with Crippen LogP contribution in [0.2, 0.25) is 0 Å². The Balaban J connectivity index is 1.93. The summed E-state index contributed by atoms with van der Waals surface area (Å²) in [5.41, 5.74) is 0. The quantitative estimate of drug-likeness (QED) is 0.558. The maximum absolute atomic E-state index is 3.46. The molecule has 0 bridgehead atoms. The Morgan fingerprint density at radius 1 is 1.42 bits per heavy atom. The van der Waals surface area contributed by atoms with Crippen LogP contribution in [0.3, 0.4) is 0 Å². The zero-order valence-corrected chi connectivity index (χ0v) is 8.27. The van der Waals surface area contributed by atoms with Gasteiger partial charge < -0.3 is 15.5 Å². The van der Waals surface area contributed by atoms with Crippen LogP contribution in [0.5, 0.6) is 0 Å². The molecule has 1 heterocycles. The van der Waals surface area contributed by atoms with Gasteiger partial charge in [0.1, 0.15) is 0 Å². The van der Waals surface area contributed by atoms with Crippen molar-refractivity contribution in [2.45, 2.75) is 6.42 Å².